The van der Waals surface area contributed by atoms with Gasteiger partial charge in [0.05, 0.1) is 18.3 Å². The zero-order chi connectivity index (χ0) is 16.5. The van der Waals surface area contributed by atoms with Crippen molar-refractivity contribution in [3.8, 4) is 11.4 Å². The molecule has 0 bridgehead atoms. The summed E-state index contributed by atoms with van der Waals surface area (Å²) in [5.74, 6) is 0.595. The molecule has 0 atom stereocenters. The molecule has 9 heteroatoms. The van der Waals surface area contributed by atoms with Crippen LogP contribution in [0.25, 0.3) is 22.4 Å². The third kappa shape index (κ3) is 2.51. The Labute approximate surface area is 135 Å². The molecule has 4 rings (SSSR count). The summed E-state index contributed by atoms with van der Waals surface area (Å²) >= 11 is 0. The van der Waals surface area contributed by atoms with Gasteiger partial charge in [0.2, 0.25) is 11.7 Å². The van der Waals surface area contributed by atoms with Crippen LogP contribution in [0, 0.1) is 0 Å². The number of fused-ring (bicyclic) bond motifs is 1. The predicted molar refractivity (Wildman–Crippen MR) is 81.7 cm³/mol. The van der Waals surface area contributed by atoms with E-state index in [0.717, 1.165) is 16.6 Å². The first-order chi connectivity index (χ1) is 11.7. The van der Waals surface area contributed by atoms with Crippen LogP contribution in [0.4, 0.5) is 0 Å². The molecule has 0 unspecified atom stereocenters. The average Bonchev–Trinajstić information content (AvgIpc) is 3.34. The summed E-state index contributed by atoms with van der Waals surface area (Å²) in [5.41, 5.74) is 2.41. The Bertz CT molecular complexity index is 1000. The van der Waals surface area contributed by atoms with Crippen LogP contribution in [0.15, 0.2) is 45.5 Å². The second-order valence-corrected chi connectivity index (χ2v) is 5.09. The monoisotopic (exact) mass is 324 g/mol. The highest BCUT2D eigenvalue weighted by Gasteiger charge is 2.13. The number of hydrogen-bond acceptors (Lipinski definition) is 7. The minimum atomic E-state index is -0.347. The van der Waals surface area contributed by atoms with Crippen LogP contribution in [-0.4, -0.2) is 31.0 Å². The summed E-state index contributed by atoms with van der Waals surface area (Å²) < 4.78 is 11.8. The second-order valence-electron chi connectivity index (χ2n) is 5.09. The summed E-state index contributed by atoms with van der Waals surface area (Å²) in [6, 6.07) is 8.80. The molecule has 9 nitrogen and oxygen atoms in total. The molecule has 3 heterocycles. The van der Waals surface area contributed by atoms with Crippen LogP contribution in [0.1, 0.15) is 16.4 Å². The normalized spacial score (nSPS) is 11.0. The Morgan fingerprint density at radius 2 is 2.25 bits per heavy atom. The highest BCUT2D eigenvalue weighted by Crippen LogP contribution is 2.20. The number of benzene rings is 1. The van der Waals surface area contributed by atoms with Crippen molar-refractivity contribution < 1.29 is 13.7 Å². The van der Waals surface area contributed by atoms with Gasteiger partial charge in [0.1, 0.15) is 5.52 Å². The highest BCUT2D eigenvalue weighted by molar-refractivity contribution is 5.91. The van der Waals surface area contributed by atoms with Gasteiger partial charge < -0.3 is 14.3 Å². The van der Waals surface area contributed by atoms with Gasteiger partial charge in [-0.3, -0.25) is 4.79 Å². The van der Waals surface area contributed by atoms with Crippen molar-refractivity contribution in [3.05, 3.63) is 48.2 Å². The third-order valence-corrected chi connectivity index (χ3v) is 3.48. The van der Waals surface area contributed by atoms with Crippen molar-refractivity contribution in [1.29, 1.82) is 0 Å². The molecule has 0 aliphatic rings. The number of aromatic nitrogens is 5. The van der Waals surface area contributed by atoms with Gasteiger partial charge in [0.15, 0.2) is 5.76 Å². The average molecular weight is 324 g/mol. The van der Waals surface area contributed by atoms with E-state index in [-0.39, 0.29) is 18.2 Å². The van der Waals surface area contributed by atoms with Crippen LogP contribution in [0.3, 0.4) is 0 Å². The number of carbonyl (C=O) groups is 1. The quantitative estimate of drug-likeness (QED) is 0.606. The summed E-state index contributed by atoms with van der Waals surface area (Å²) in [7, 11) is 1.82. The number of rotatable bonds is 4. The molecule has 1 amide bonds. The van der Waals surface area contributed by atoms with Crippen molar-refractivity contribution in [2.24, 2.45) is 7.05 Å². The maximum atomic E-state index is 11.8. The van der Waals surface area contributed by atoms with Gasteiger partial charge in [-0.05, 0) is 30.3 Å². The zero-order valence-corrected chi connectivity index (χ0v) is 12.6. The maximum Gasteiger partial charge on any atom is 0.287 e. The fourth-order valence-electron chi connectivity index (χ4n) is 2.27. The molecule has 24 heavy (non-hydrogen) atoms. The van der Waals surface area contributed by atoms with Gasteiger partial charge in [-0.2, -0.15) is 4.98 Å². The van der Waals surface area contributed by atoms with Crippen molar-refractivity contribution in [2.75, 3.05) is 0 Å². The lowest BCUT2D eigenvalue weighted by Gasteiger charge is -1.98. The predicted octanol–water partition coefficient (Wildman–Crippen LogP) is 1.54. The van der Waals surface area contributed by atoms with Crippen molar-refractivity contribution in [1.82, 2.24) is 30.5 Å². The van der Waals surface area contributed by atoms with Gasteiger partial charge in [-0.1, -0.05) is 10.4 Å². The van der Waals surface area contributed by atoms with Crippen LogP contribution < -0.4 is 5.32 Å². The van der Waals surface area contributed by atoms with E-state index in [1.165, 1.54) is 6.26 Å². The van der Waals surface area contributed by atoms with Crippen molar-refractivity contribution in [3.63, 3.8) is 0 Å². The zero-order valence-electron chi connectivity index (χ0n) is 12.6. The molecular weight excluding hydrogens is 312 g/mol. The van der Waals surface area contributed by atoms with E-state index < -0.39 is 0 Å². The van der Waals surface area contributed by atoms with E-state index in [1.54, 1.807) is 16.8 Å². The first kappa shape index (κ1) is 14.1. The third-order valence-electron chi connectivity index (χ3n) is 3.48. The van der Waals surface area contributed by atoms with Crippen LogP contribution >= 0.6 is 0 Å². The number of carbonyl (C=O) groups excluding carboxylic acids is 1. The summed E-state index contributed by atoms with van der Waals surface area (Å²) in [6.07, 6.45) is 1.43. The van der Waals surface area contributed by atoms with E-state index in [2.05, 4.69) is 25.8 Å². The minimum absolute atomic E-state index is 0.111. The lowest BCUT2D eigenvalue weighted by molar-refractivity contribution is 0.0918. The van der Waals surface area contributed by atoms with Crippen molar-refractivity contribution in [2.45, 2.75) is 6.54 Å². The van der Waals surface area contributed by atoms with Crippen molar-refractivity contribution >= 4 is 16.9 Å². The Morgan fingerprint density at radius 3 is 3.08 bits per heavy atom. The molecule has 0 aliphatic heterocycles. The fraction of sp³-hybridized carbons (Fsp3) is 0.133. The van der Waals surface area contributed by atoms with Gasteiger partial charge in [0, 0.05) is 12.6 Å². The molecule has 120 valence electrons. The van der Waals surface area contributed by atoms with Gasteiger partial charge >= 0.3 is 0 Å². The fourth-order valence-corrected chi connectivity index (χ4v) is 2.27. The molecule has 4 aromatic rings. The molecule has 0 spiro atoms. The van der Waals surface area contributed by atoms with E-state index in [1.807, 2.05) is 25.2 Å². The minimum Gasteiger partial charge on any atom is -0.459 e. The van der Waals surface area contributed by atoms with E-state index >= 15 is 0 Å². The largest absolute Gasteiger partial charge is 0.459 e. The first-order valence-electron chi connectivity index (χ1n) is 7.15. The number of aryl methyl sites for hydroxylation is 1. The smallest absolute Gasteiger partial charge is 0.287 e. The number of amides is 1. The van der Waals surface area contributed by atoms with Gasteiger partial charge in [-0.15, -0.1) is 5.10 Å². The maximum absolute atomic E-state index is 11.8. The standard InChI is InChI=1S/C15H12N6O3/c1-21-11-5-4-9(7-10(11)18-20-21)14-17-13(24-19-14)8-16-15(22)12-3-2-6-23-12/h2-7H,8H2,1H3,(H,16,22). The van der Waals surface area contributed by atoms with Gasteiger partial charge in [0.25, 0.3) is 5.91 Å². The van der Waals surface area contributed by atoms with E-state index in [9.17, 15) is 4.79 Å². The first-order valence-corrected chi connectivity index (χ1v) is 7.15. The number of hydrogen-bond donors (Lipinski definition) is 1. The van der Waals surface area contributed by atoms with E-state index in [0.29, 0.717) is 11.7 Å². The topological polar surface area (TPSA) is 112 Å². The van der Waals surface area contributed by atoms with E-state index in [4.69, 9.17) is 8.94 Å². The summed E-state index contributed by atoms with van der Waals surface area (Å²) in [4.78, 5) is 16.1. The molecule has 1 aromatic carbocycles. The molecule has 0 fully saturated rings. The SMILES string of the molecule is Cn1nnc2cc(-c3noc(CNC(=O)c4ccco4)n3)ccc21. The molecule has 1 N–H and O–H groups in total. The second kappa shape index (κ2) is 5.61. The summed E-state index contributed by atoms with van der Waals surface area (Å²) in [5, 5.41) is 14.6. The number of furan rings is 1. The molecular formula is C15H12N6O3. The lowest BCUT2D eigenvalue weighted by atomic mass is 10.2. The lowest BCUT2D eigenvalue weighted by Crippen LogP contribution is -2.22. The molecule has 0 aliphatic carbocycles. The molecule has 3 aromatic heterocycles. The molecule has 0 radical (unpaired) electrons. The Morgan fingerprint density at radius 1 is 1.33 bits per heavy atom. The highest BCUT2D eigenvalue weighted by atomic mass is 16.5. The Balaban J connectivity index is 1.50. The van der Waals surface area contributed by atoms with Gasteiger partial charge in [-0.25, -0.2) is 4.68 Å². The number of nitrogens with one attached hydrogen (secondary N) is 1. The molecule has 0 saturated heterocycles. The van der Waals surface area contributed by atoms with Crippen LogP contribution in [-0.2, 0) is 13.6 Å². The Hall–Kier alpha value is -3.49. The summed E-state index contributed by atoms with van der Waals surface area (Å²) in [6.45, 7) is 0.111. The number of nitrogens with zero attached hydrogens (tertiary/aromatic N) is 5. The van der Waals surface area contributed by atoms with Crippen LogP contribution in [0.5, 0.6) is 0 Å². The van der Waals surface area contributed by atoms with Crippen LogP contribution in [0.2, 0.25) is 0 Å². The molecule has 0 saturated carbocycles. The Kier molecular flexibility index (Phi) is 3.30.